The molecule has 0 aliphatic heterocycles. The van der Waals surface area contributed by atoms with E-state index < -0.39 is 0 Å². The van der Waals surface area contributed by atoms with Gasteiger partial charge >= 0.3 is 0 Å². The molecule has 0 unspecified atom stereocenters. The van der Waals surface area contributed by atoms with Gasteiger partial charge in [-0.25, -0.2) is 0 Å². The Balaban J connectivity index is 2.67. The van der Waals surface area contributed by atoms with E-state index in [1.54, 1.807) is 24.5 Å². The van der Waals surface area contributed by atoms with Gasteiger partial charge in [-0.2, -0.15) is 5.26 Å². The Labute approximate surface area is 96.6 Å². The lowest BCUT2D eigenvalue weighted by molar-refractivity contribution is 0.582. The summed E-state index contributed by atoms with van der Waals surface area (Å²) in [4.78, 5) is 0. The normalized spacial score (nSPS) is 9.93. The van der Waals surface area contributed by atoms with Crippen LogP contribution in [-0.4, -0.2) is 0 Å². The van der Waals surface area contributed by atoms with Gasteiger partial charge in [0.25, 0.3) is 0 Å². The third-order valence-electron chi connectivity index (χ3n) is 1.97. The zero-order chi connectivity index (χ0) is 10.8. The minimum atomic E-state index is 0.364. The molecular weight excluding hydrogens is 233 g/mol. The van der Waals surface area contributed by atoms with E-state index in [-0.39, 0.29) is 0 Å². The van der Waals surface area contributed by atoms with E-state index in [2.05, 4.69) is 0 Å². The average molecular weight is 238 g/mol. The molecule has 0 saturated heterocycles. The largest absolute Gasteiger partial charge is 0.464 e. The van der Waals surface area contributed by atoms with Crippen molar-refractivity contribution in [2.24, 2.45) is 0 Å². The standard InChI is InChI=1S/C11H5Cl2NO/c12-9-4-7(6-14)8(5-10(9)13)11-2-1-3-15-11/h1-5H. The molecule has 2 rings (SSSR count). The van der Waals surface area contributed by atoms with Crippen LogP contribution in [0.2, 0.25) is 10.0 Å². The fourth-order valence-corrected chi connectivity index (χ4v) is 1.60. The van der Waals surface area contributed by atoms with E-state index in [1.165, 1.54) is 6.07 Å². The number of nitriles is 1. The van der Waals surface area contributed by atoms with Crippen LogP contribution < -0.4 is 0 Å². The van der Waals surface area contributed by atoms with Crippen molar-refractivity contribution in [1.82, 2.24) is 0 Å². The molecule has 0 aliphatic rings. The van der Waals surface area contributed by atoms with Crippen LogP contribution in [0.15, 0.2) is 34.9 Å². The minimum Gasteiger partial charge on any atom is -0.464 e. The molecule has 0 amide bonds. The summed E-state index contributed by atoms with van der Waals surface area (Å²) in [6.45, 7) is 0. The number of benzene rings is 1. The Morgan fingerprint density at radius 1 is 1.20 bits per heavy atom. The second kappa shape index (κ2) is 3.98. The number of nitrogens with zero attached hydrogens (tertiary/aromatic N) is 1. The molecule has 0 saturated carbocycles. The molecule has 0 bridgehead atoms. The quantitative estimate of drug-likeness (QED) is 0.748. The van der Waals surface area contributed by atoms with E-state index in [1.807, 2.05) is 6.07 Å². The second-order valence-corrected chi connectivity index (χ2v) is 3.72. The molecule has 0 N–H and O–H groups in total. The predicted molar refractivity (Wildman–Crippen MR) is 58.9 cm³/mol. The molecule has 2 aromatic rings. The van der Waals surface area contributed by atoms with Gasteiger partial charge in [-0.05, 0) is 24.3 Å². The lowest BCUT2D eigenvalue weighted by Crippen LogP contribution is -1.83. The zero-order valence-corrected chi connectivity index (χ0v) is 9.01. The van der Waals surface area contributed by atoms with E-state index in [0.717, 1.165) is 0 Å². The van der Waals surface area contributed by atoms with Gasteiger partial charge in [0, 0.05) is 5.56 Å². The summed E-state index contributed by atoms with van der Waals surface area (Å²) in [5.41, 5.74) is 1.09. The first-order valence-corrected chi connectivity index (χ1v) is 4.91. The number of hydrogen-bond acceptors (Lipinski definition) is 2. The highest BCUT2D eigenvalue weighted by molar-refractivity contribution is 6.42. The summed E-state index contributed by atoms with van der Waals surface area (Å²) in [6.07, 6.45) is 1.54. The molecule has 15 heavy (non-hydrogen) atoms. The number of hydrogen-bond donors (Lipinski definition) is 0. The van der Waals surface area contributed by atoms with Crippen LogP contribution in [0.25, 0.3) is 11.3 Å². The van der Waals surface area contributed by atoms with Gasteiger partial charge in [0.2, 0.25) is 0 Å². The first-order valence-electron chi connectivity index (χ1n) is 4.15. The first-order chi connectivity index (χ1) is 7.22. The van der Waals surface area contributed by atoms with Crippen LogP contribution in [-0.2, 0) is 0 Å². The maximum atomic E-state index is 8.94. The Morgan fingerprint density at radius 3 is 2.53 bits per heavy atom. The monoisotopic (exact) mass is 237 g/mol. The van der Waals surface area contributed by atoms with Crippen LogP contribution >= 0.6 is 23.2 Å². The summed E-state index contributed by atoms with van der Waals surface area (Å²) < 4.78 is 5.20. The lowest BCUT2D eigenvalue weighted by atomic mass is 10.1. The van der Waals surface area contributed by atoms with Crippen LogP contribution in [0.5, 0.6) is 0 Å². The van der Waals surface area contributed by atoms with Gasteiger partial charge in [0.15, 0.2) is 0 Å². The van der Waals surface area contributed by atoms with E-state index in [4.69, 9.17) is 32.9 Å². The molecule has 0 atom stereocenters. The maximum absolute atomic E-state index is 8.94. The van der Waals surface area contributed by atoms with Gasteiger partial charge in [-0.3, -0.25) is 0 Å². The molecule has 2 nitrogen and oxygen atoms in total. The van der Waals surface area contributed by atoms with Crippen LogP contribution in [0.1, 0.15) is 5.56 Å². The highest BCUT2D eigenvalue weighted by Gasteiger charge is 2.10. The topological polar surface area (TPSA) is 36.9 Å². The van der Waals surface area contributed by atoms with Gasteiger partial charge in [0.05, 0.1) is 27.9 Å². The molecule has 4 heteroatoms. The molecule has 74 valence electrons. The molecule has 1 aromatic carbocycles. The van der Waals surface area contributed by atoms with Gasteiger partial charge < -0.3 is 4.42 Å². The molecule has 0 fully saturated rings. The van der Waals surface area contributed by atoms with Crippen molar-refractivity contribution in [3.8, 4) is 17.4 Å². The van der Waals surface area contributed by atoms with Crippen molar-refractivity contribution in [2.45, 2.75) is 0 Å². The molecule has 0 aliphatic carbocycles. The lowest BCUT2D eigenvalue weighted by Gasteiger charge is -2.02. The number of furan rings is 1. The Morgan fingerprint density at radius 2 is 1.93 bits per heavy atom. The van der Waals surface area contributed by atoms with Gasteiger partial charge in [-0.1, -0.05) is 23.2 Å². The van der Waals surface area contributed by atoms with Crippen molar-refractivity contribution in [3.63, 3.8) is 0 Å². The van der Waals surface area contributed by atoms with Crippen LogP contribution in [0.3, 0.4) is 0 Å². The van der Waals surface area contributed by atoms with Crippen molar-refractivity contribution < 1.29 is 4.42 Å². The Hall–Kier alpha value is -1.43. The smallest absolute Gasteiger partial charge is 0.135 e. The summed E-state index contributed by atoms with van der Waals surface area (Å²) >= 11 is 11.7. The highest BCUT2D eigenvalue weighted by atomic mass is 35.5. The van der Waals surface area contributed by atoms with E-state index in [9.17, 15) is 0 Å². The molecule has 0 radical (unpaired) electrons. The summed E-state index contributed by atoms with van der Waals surface area (Å²) in [7, 11) is 0. The molecule has 1 heterocycles. The van der Waals surface area contributed by atoms with Crippen molar-refractivity contribution in [1.29, 1.82) is 5.26 Å². The Bertz CT molecular complexity index is 526. The first kappa shape index (κ1) is 10.1. The summed E-state index contributed by atoms with van der Waals surface area (Å²) in [6, 6.07) is 8.72. The summed E-state index contributed by atoms with van der Waals surface area (Å²) in [5, 5.41) is 9.71. The van der Waals surface area contributed by atoms with Gasteiger partial charge in [-0.15, -0.1) is 0 Å². The molecular formula is C11H5Cl2NO. The van der Waals surface area contributed by atoms with E-state index >= 15 is 0 Å². The third-order valence-corrected chi connectivity index (χ3v) is 2.69. The Kier molecular flexibility index (Phi) is 2.68. The van der Waals surface area contributed by atoms with Crippen LogP contribution in [0.4, 0.5) is 0 Å². The number of halogens is 2. The molecule has 1 aromatic heterocycles. The molecule has 0 spiro atoms. The second-order valence-electron chi connectivity index (χ2n) is 2.90. The highest BCUT2D eigenvalue weighted by Crippen LogP contribution is 2.32. The maximum Gasteiger partial charge on any atom is 0.135 e. The van der Waals surface area contributed by atoms with Crippen molar-refractivity contribution in [2.75, 3.05) is 0 Å². The average Bonchev–Trinajstić information content (AvgIpc) is 2.74. The van der Waals surface area contributed by atoms with E-state index in [0.29, 0.717) is 26.9 Å². The van der Waals surface area contributed by atoms with Crippen molar-refractivity contribution >= 4 is 23.2 Å². The van der Waals surface area contributed by atoms with Crippen molar-refractivity contribution in [3.05, 3.63) is 46.1 Å². The number of rotatable bonds is 1. The SMILES string of the molecule is N#Cc1cc(Cl)c(Cl)cc1-c1ccco1. The zero-order valence-electron chi connectivity index (χ0n) is 7.50. The predicted octanol–water partition coefficient (Wildman–Crippen LogP) is 4.13. The third kappa shape index (κ3) is 1.85. The fourth-order valence-electron chi connectivity index (χ4n) is 1.28. The summed E-state index contributed by atoms with van der Waals surface area (Å²) in [5.74, 6) is 0.602. The minimum absolute atomic E-state index is 0.364. The van der Waals surface area contributed by atoms with Gasteiger partial charge in [0.1, 0.15) is 5.76 Å². The van der Waals surface area contributed by atoms with Crippen LogP contribution in [0, 0.1) is 11.3 Å². The fraction of sp³-hybridized carbons (Fsp3) is 0.